The molecule has 0 aromatic heterocycles. The first kappa shape index (κ1) is 28.6. The fraction of sp³-hybridized carbons (Fsp3) is 0.103. The van der Waals surface area contributed by atoms with Crippen LogP contribution in [-0.2, 0) is 0 Å². The second-order valence-electron chi connectivity index (χ2n) is 10.1. The van der Waals surface area contributed by atoms with E-state index in [0.717, 1.165) is 43.8 Å². The van der Waals surface area contributed by atoms with Gasteiger partial charge in [0.2, 0.25) is 6.71 Å². The van der Waals surface area contributed by atoms with Gasteiger partial charge in [-0.05, 0) is 62.5 Å². The lowest BCUT2D eigenvalue weighted by Crippen LogP contribution is -2.58. The average Bonchev–Trinajstić information content (AvgIpc) is 3.09. The van der Waals surface area contributed by atoms with Gasteiger partial charge in [-0.15, -0.1) is 0 Å². The zero-order valence-electron chi connectivity index (χ0n) is 25.0. The fourth-order valence-electron chi connectivity index (χ4n) is 6.27. The molecule has 0 saturated heterocycles. The van der Waals surface area contributed by atoms with Crippen LogP contribution in [0.4, 0.5) is 16.2 Å². The third-order valence-corrected chi connectivity index (χ3v) is 8.86. The zero-order chi connectivity index (χ0) is 29.9. The fourth-order valence-corrected chi connectivity index (χ4v) is 7.20. The predicted octanol–water partition coefficient (Wildman–Crippen LogP) is 9.42. The molecule has 210 valence electrons. The van der Waals surface area contributed by atoms with Gasteiger partial charge in [0, 0.05) is 16.0 Å². The Balaban J connectivity index is 0.000000792. The standard InChI is InChI=1S/C35H22BNOS.2C2H6/c38-35-37-31-22-28(24-13-6-2-7-14-24)27(23-11-4-1-5-12-23)21-30(31)36(26-16-8-3-9-17-26)29-20-19-25-15-10-18-32(39-35)33(25)34(29)37;2*1-2/h1-22H;2*1-2H3. The van der Waals surface area contributed by atoms with E-state index in [2.05, 4.69) is 121 Å². The van der Waals surface area contributed by atoms with Gasteiger partial charge in [-0.1, -0.05) is 154 Å². The van der Waals surface area contributed by atoms with E-state index < -0.39 is 0 Å². The number of carbonyl (C=O) groups is 1. The first-order valence-corrected chi connectivity index (χ1v) is 16.0. The highest BCUT2D eigenvalue weighted by Crippen LogP contribution is 2.47. The van der Waals surface area contributed by atoms with Gasteiger partial charge in [0.05, 0.1) is 5.69 Å². The third-order valence-electron chi connectivity index (χ3n) is 7.95. The van der Waals surface area contributed by atoms with Gasteiger partial charge in [-0.25, -0.2) is 0 Å². The molecule has 0 aliphatic carbocycles. The number of fused-ring (bicyclic) bond motifs is 2. The topological polar surface area (TPSA) is 20.3 Å². The summed E-state index contributed by atoms with van der Waals surface area (Å²) in [6, 6.07) is 47.1. The van der Waals surface area contributed by atoms with Crippen LogP contribution in [0.1, 0.15) is 27.7 Å². The van der Waals surface area contributed by atoms with Crippen molar-refractivity contribution in [2.45, 2.75) is 32.6 Å². The maximum Gasteiger partial charge on any atom is 0.295 e. The molecule has 0 radical (unpaired) electrons. The summed E-state index contributed by atoms with van der Waals surface area (Å²) in [5.74, 6) is 0. The molecule has 0 fully saturated rings. The van der Waals surface area contributed by atoms with Crippen LogP contribution in [0.2, 0.25) is 0 Å². The number of anilines is 2. The van der Waals surface area contributed by atoms with E-state index in [4.69, 9.17) is 0 Å². The lowest BCUT2D eigenvalue weighted by Gasteiger charge is -2.39. The quantitative estimate of drug-likeness (QED) is 0.196. The van der Waals surface area contributed by atoms with E-state index in [9.17, 15) is 4.79 Å². The Bertz CT molecular complexity index is 1910. The Hall–Kier alpha value is -4.54. The summed E-state index contributed by atoms with van der Waals surface area (Å²) in [6.45, 7) is 8.01. The van der Waals surface area contributed by atoms with Crippen LogP contribution >= 0.6 is 11.8 Å². The molecular weight excluding hydrogens is 541 g/mol. The maximum absolute atomic E-state index is 13.9. The van der Waals surface area contributed by atoms with Crippen LogP contribution < -0.4 is 21.3 Å². The largest absolute Gasteiger partial charge is 0.295 e. The normalized spacial score (nSPS) is 12.5. The summed E-state index contributed by atoms with van der Waals surface area (Å²) in [4.78, 5) is 16.9. The van der Waals surface area contributed by atoms with Crippen LogP contribution in [0.3, 0.4) is 0 Å². The summed E-state index contributed by atoms with van der Waals surface area (Å²) >= 11 is 1.33. The Morgan fingerprint density at radius 2 is 1.16 bits per heavy atom. The van der Waals surface area contributed by atoms with E-state index in [1.165, 1.54) is 33.6 Å². The predicted molar refractivity (Wildman–Crippen MR) is 188 cm³/mol. The van der Waals surface area contributed by atoms with Gasteiger partial charge in [0.1, 0.15) is 0 Å². The van der Waals surface area contributed by atoms with Crippen LogP contribution in [0.25, 0.3) is 33.0 Å². The Labute approximate surface area is 259 Å². The lowest BCUT2D eigenvalue weighted by atomic mass is 9.35. The van der Waals surface area contributed by atoms with Crippen molar-refractivity contribution in [1.29, 1.82) is 0 Å². The number of rotatable bonds is 3. The molecule has 0 atom stereocenters. The van der Waals surface area contributed by atoms with Gasteiger partial charge < -0.3 is 0 Å². The Morgan fingerprint density at radius 3 is 1.79 bits per heavy atom. The van der Waals surface area contributed by atoms with Gasteiger partial charge in [0.25, 0.3) is 5.24 Å². The maximum atomic E-state index is 13.9. The summed E-state index contributed by atoms with van der Waals surface area (Å²) < 4.78 is 0. The van der Waals surface area contributed by atoms with Crippen molar-refractivity contribution in [1.82, 2.24) is 0 Å². The molecule has 0 spiro atoms. The number of carbonyl (C=O) groups excluding carboxylic acids is 1. The van der Waals surface area contributed by atoms with Crippen LogP contribution in [0, 0.1) is 0 Å². The van der Waals surface area contributed by atoms with E-state index in [1.54, 1.807) is 0 Å². The summed E-state index contributed by atoms with van der Waals surface area (Å²) in [6.07, 6.45) is 0. The summed E-state index contributed by atoms with van der Waals surface area (Å²) in [5.41, 5.74) is 10.1. The highest BCUT2D eigenvalue weighted by Gasteiger charge is 2.41. The molecule has 2 aliphatic heterocycles. The molecule has 0 saturated carbocycles. The van der Waals surface area contributed by atoms with Crippen LogP contribution in [-0.4, -0.2) is 12.0 Å². The van der Waals surface area contributed by atoms with Gasteiger partial charge in [-0.2, -0.15) is 0 Å². The molecule has 4 heteroatoms. The number of benzene rings is 6. The zero-order valence-corrected chi connectivity index (χ0v) is 25.9. The summed E-state index contributed by atoms with van der Waals surface area (Å²) in [7, 11) is 0. The van der Waals surface area contributed by atoms with Gasteiger partial charge >= 0.3 is 0 Å². The van der Waals surface area contributed by atoms with Crippen molar-refractivity contribution in [3.05, 3.63) is 133 Å². The van der Waals surface area contributed by atoms with Gasteiger partial charge in [-0.3, -0.25) is 9.69 Å². The number of hydrogen-bond donors (Lipinski definition) is 0. The molecule has 0 bridgehead atoms. The molecule has 8 rings (SSSR count). The molecule has 0 N–H and O–H groups in total. The van der Waals surface area contributed by atoms with Crippen LogP contribution in [0.5, 0.6) is 0 Å². The van der Waals surface area contributed by atoms with Crippen molar-refractivity contribution in [3.63, 3.8) is 0 Å². The smallest absolute Gasteiger partial charge is 0.272 e. The monoisotopic (exact) mass is 575 g/mol. The van der Waals surface area contributed by atoms with Crippen molar-refractivity contribution in [2.24, 2.45) is 0 Å². The van der Waals surface area contributed by atoms with Crippen molar-refractivity contribution < 1.29 is 4.79 Å². The van der Waals surface area contributed by atoms with E-state index in [0.29, 0.717) is 0 Å². The second-order valence-corrected chi connectivity index (χ2v) is 11.1. The van der Waals surface area contributed by atoms with E-state index >= 15 is 0 Å². The highest BCUT2D eigenvalue weighted by molar-refractivity contribution is 8.14. The summed E-state index contributed by atoms with van der Waals surface area (Å²) in [5, 5.41) is 2.37. The van der Waals surface area contributed by atoms with Crippen molar-refractivity contribution in [3.8, 4) is 22.3 Å². The van der Waals surface area contributed by atoms with E-state index in [-0.39, 0.29) is 12.0 Å². The molecule has 2 aliphatic rings. The second kappa shape index (κ2) is 12.4. The first-order valence-electron chi connectivity index (χ1n) is 15.2. The average molecular weight is 576 g/mol. The molecule has 0 unspecified atom stereocenters. The number of thioether (sulfide) groups is 1. The molecule has 6 aromatic rings. The van der Waals surface area contributed by atoms with Gasteiger partial charge in [0.15, 0.2) is 0 Å². The minimum absolute atomic E-state index is 0.00749. The highest BCUT2D eigenvalue weighted by atomic mass is 32.2. The molecule has 1 amide bonds. The van der Waals surface area contributed by atoms with Crippen LogP contribution in [0.15, 0.2) is 138 Å². The van der Waals surface area contributed by atoms with Crippen molar-refractivity contribution >= 4 is 62.2 Å². The molecule has 43 heavy (non-hydrogen) atoms. The lowest BCUT2D eigenvalue weighted by molar-refractivity contribution is 0.267. The van der Waals surface area contributed by atoms with E-state index in [1.807, 2.05) is 44.7 Å². The molecular formula is C39H34BNOS. The number of hydrogen-bond acceptors (Lipinski definition) is 2. The number of amides is 1. The first-order chi connectivity index (χ1) is 21.3. The Morgan fingerprint density at radius 1 is 0.581 bits per heavy atom. The third kappa shape index (κ3) is 4.86. The molecule has 2 heterocycles. The molecule has 6 aromatic carbocycles. The number of nitrogens with zero attached hydrogens (tertiary/aromatic N) is 1. The molecule has 2 nitrogen and oxygen atoms in total. The SMILES string of the molecule is CC.CC.O=C1Sc2cccc3ccc4c(c23)N1c1cc(-c2ccccc2)c(-c2ccccc2)cc1B4c1ccccc1. The van der Waals surface area contributed by atoms with Crippen molar-refractivity contribution in [2.75, 3.05) is 4.90 Å². The minimum Gasteiger partial charge on any atom is -0.272 e. The minimum atomic E-state index is 0.00749. The Kier molecular flexibility index (Phi) is 8.22.